The summed E-state index contributed by atoms with van der Waals surface area (Å²) >= 11 is 0. The molecule has 2 rings (SSSR count). The van der Waals surface area contributed by atoms with Crippen LogP contribution >= 0.6 is 0 Å². The van der Waals surface area contributed by atoms with Gasteiger partial charge in [0.2, 0.25) is 0 Å². The molecule has 1 saturated carbocycles. The van der Waals surface area contributed by atoms with E-state index < -0.39 is 44.2 Å². The second kappa shape index (κ2) is 11.0. The van der Waals surface area contributed by atoms with Crippen molar-refractivity contribution in [3.63, 3.8) is 0 Å². The van der Waals surface area contributed by atoms with Gasteiger partial charge in [-0.15, -0.1) is 0 Å². The normalized spacial score (nSPS) is 21.4. The highest BCUT2D eigenvalue weighted by Gasteiger charge is 2.36. The smallest absolute Gasteiger partial charge is 0.407 e. The van der Waals surface area contributed by atoms with Gasteiger partial charge in [-0.1, -0.05) is 50.0 Å². The van der Waals surface area contributed by atoms with Crippen molar-refractivity contribution >= 4 is 26.2 Å². The molecule has 1 aromatic carbocycles. The summed E-state index contributed by atoms with van der Waals surface area (Å²) in [5.74, 6) is -1.49. The maximum Gasteiger partial charge on any atom is 0.407 e. The third-order valence-corrected chi connectivity index (χ3v) is 6.81. The minimum Gasteiger partial charge on any atom is -0.481 e. The molecule has 1 fully saturated rings. The van der Waals surface area contributed by atoms with Gasteiger partial charge in [-0.2, -0.15) is 0 Å². The predicted octanol–water partition coefficient (Wildman–Crippen LogP) is 3.60. The summed E-state index contributed by atoms with van der Waals surface area (Å²) in [5, 5.41) is 14.9. The lowest BCUT2D eigenvalue weighted by Crippen LogP contribution is -2.55. The van der Waals surface area contributed by atoms with Crippen LogP contribution in [0.5, 0.6) is 0 Å². The second-order valence-electron chi connectivity index (χ2n) is 8.86. The van der Waals surface area contributed by atoms with E-state index in [1.54, 1.807) is 0 Å². The van der Waals surface area contributed by atoms with Gasteiger partial charge in [0.05, 0.1) is 24.6 Å². The molecule has 3 atom stereocenters. The number of amides is 2. The third-order valence-electron chi connectivity index (χ3n) is 5.10. The van der Waals surface area contributed by atoms with Gasteiger partial charge >= 0.3 is 18.2 Å². The lowest BCUT2D eigenvalue weighted by atomic mass is 9.82. The van der Waals surface area contributed by atoms with E-state index in [1.165, 1.54) is 0 Å². The minimum atomic E-state index is -1.31. The molecular weight excluding hydrogens is 404 g/mol. The highest BCUT2D eigenvalue weighted by atomic mass is 28.3. The minimum absolute atomic E-state index is 0.110. The first kappa shape index (κ1) is 23.7. The lowest BCUT2D eigenvalue weighted by Gasteiger charge is -2.35. The Labute approximate surface area is 178 Å². The fourth-order valence-electron chi connectivity index (χ4n) is 3.29. The van der Waals surface area contributed by atoms with Gasteiger partial charge in [0.1, 0.15) is 6.61 Å². The van der Waals surface area contributed by atoms with Crippen LogP contribution in [-0.2, 0) is 20.9 Å². The van der Waals surface area contributed by atoms with Gasteiger partial charge in [-0.25, -0.2) is 9.59 Å². The van der Waals surface area contributed by atoms with Crippen LogP contribution in [0.3, 0.4) is 0 Å². The van der Waals surface area contributed by atoms with Gasteiger partial charge in [0.25, 0.3) is 0 Å². The van der Waals surface area contributed by atoms with Crippen molar-refractivity contribution in [3.8, 4) is 0 Å². The number of hydrogen-bond acceptors (Lipinski definition) is 5. The number of ether oxygens (including phenoxy) is 2. The van der Waals surface area contributed by atoms with Gasteiger partial charge in [-0.3, -0.25) is 4.79 Å². The van der Waals surface area contributed by atoms with E-state index in [4.69, 9.17) is 9.47 Å². The zero-order valence-electron chi connectivity index (χ0n) is 17.8. The van der Waals surface area contributed by atoms with Gasteiger partial charge in [0, 0.05) is 8.07 Å². The van der Waals surface area contributed by atoms with Crippen LogP contribution in [-0.4, -0.2) is 50.0 Å². The molecule has 0 bridgehead atoms. The van der Waals surface area contributed by atoms with Crippen molar-refractivity contribution < 1.29 is 29.0 Å². The Morgan fingerprint density at radius 2 is 1.63 bits per heavy atom. The van der Waals surface area contributed by atoms with Crippen LogP contribution in [0.2, 0.25) is 25.7 Å². The molecule has 166 valence electrons. The maximum atomic E-state index is 12.3. The number of alkyl carbamates (subject to hydrolysis) is 2. The molecule has 0 aromatic heterocycles. The van der Waals surface area contributed by atoms with E-state index in [0.29, 0.717) is 19.4 Å². The molecule has 9 heteroatoms. The number of carbonyl (C=O) groups excluding carboxylic acids is 2. The standard InChI is InChI=1S/C21H32N2O6Si/c1-30(2,3)12-11-28-20(26)22-17-10-9-16(19(24)25)13-18(17)23-21(27)29-14-15-7-5-4-6-8-15/h4-8,16-18H,9-14H2,1-3H3,(H,22,26)(H,23,27)(H,24,25). The number of nitrogens with one attached hydrogen (secondary N) is 2. The Morgan fingerprint density at radius 3 is 2.27 bits per heavy atom. The molecule has 1 aromatic rings. The predicted molar refractivity (Wildman–Crippen MR) is 115 cm³/mol. The molecule has 30 heavy (non-hydrogen) atoms. The van der Waals surface area contributed by atoms with Crippen LogP contribution in [0, 0.1) is 5.92 Å². The van der Waals surface area contributed by atoms with Crippen molar-refractivity contribution in [2.75, 3.05) is 6.61 Å². The number of benzene rings is 1. The van der Waals surface area contributed by atoms with E-state index >= 15 is 0 Å². The van der Waals surface area contributed by atoms with Crippen LogP contribution in [0.15, 0.2) is 30.3 Å². The Morgan fingerprint density at radius 1 is 1.00 bits per heavy atom. The first-order valence-electron chi connectivity index (χ1n) is 10.3. The highest BCUT2D eigenvalue weighted by Crippen LogP contribution is 2.25. The largest absolute Gasteiger partial charge is 0.481 e. The van der Waals surface area contributed by atoms with Crippen molar-refractivity contribution in [2.45, 2.75) is 63.6 Å². The SMILES string of the molecule is C[Si](C)(C)CCOC(=O)NC1CCC(C(=O)O)CC1NC(=O)OCc1ccccc1. The van der Waals surface area contributed by atoms with E-state index in [2.05, 4.69) is 30.3 Å². The monoisotopic (exact) mass is 436 g/mol. The van der Waals surface area contributed by atoms with Crippen molar-refractivity contribution in [1.82, 2.24) is 10.6 Å². The van der Waals surface area contributed by atoms with Gasteiger partial charge < -0.3 is 25.2 Å². The van der Waals surface area contributed by atoms with Crippen LogP contribution in [0.1, 0.15) is 24.8 Å². The molecule has 3 N–H and O–H groups in total. The average Bonchev–Trinajstić information content (AvgIpc) is 2.67. The molecule has 0 aliphatic heterocycles. The summed E-state index contributed by atoms with van der Waals surface area (Å²) < 4.78 is 10.5. The Kier molecular flexibility index (Phi) is 8.70. The molecule has 2 amide bonds. The second-order valence-corrected chi connectivity index (χ2v) is 14.5. The van der Waals surface area contributed by atoms with E-state index in [-0.39, 0.29) is 13.0 Å². The first-order valence-corrected chi connectivity index (χ1v) is 14.0. The molecule has 8 nitrogen and oxygen atoms in total. The zero-order chi connectivity index (χ0) is 22.1. The molecule has 3 unspecified atom stereocenters. The van der Waals surface area contributed by atoms with Crippen LogP contribution in [0.25, 0.3) is 0 Å². The molecule has 1 aliphatic rings. The lowest BCUT2D eigenvalue weighted by molar-refractivity contribution is -0.143. The van der Waals surface area contributed by atoms with Gasteiger partial charge in [0.15, 0.2) is 0 Å². The molecule has 0 saturated heterocycles. The van der Waals surface area contributed by atoms with Crippen molar-refractivity contribution in [2.24, 2.45) is 5.92 Å². The van der Waals surface area contributed by atoms with Crippen molar-refractivity contribution in [1.29, 1.82) is 0 Å². The summed E-state index contributed by atoms with van der Waals surface area (Å²) in [6.07, 6.45) is -0.114. The number of carbonyl (C=O) groups is 3. The first-order chi connectivity index (χ1) is 14.1. The summed E-state index contributed by atoms with van der Waals surface area (Å²) in [5.41, 5.74) is 0.848. The third kappa shape index (κ3) is 8.44. The van der Waals surface area contributed by atoms with E-state index in [9.17, 15) is 19.5 Å². The Balaban J connectivity index is 1.90. The molecule has 0 radical (unpaired) electrons. The van der Waals surface area contributed by atoms with E-state index in [0.717, 1.165) is 11.6 Å². The number of hydrogen-bond donors (Lipinski definition) is 3. The van der Waals surface area contributed by atoms with Gasteiger partial charge in [-0.05, 0) is 30.9 Å². The summed E-state index contributed by atoms with van der Waals surface area (Å²) in [6.45, 7) is 7.05. The molecule has 0 heterocycles. The molecular formula is C21H32N2O6Si. The topological polar surface area (TPSA) is 114 Å². The number of carboxylic acid groups (broad SMARTS) is 1. The Bertz CT molecular complexity index is 722. The Hall–Kier alpha value is -2.55. The fraction of sp³-hybridized carbons (Fsp3) is 0.571. The molecule has 1 aliphatic carbocycles. The van der Waals surface area contributed by atoms with Crippen LogP contribution < -0.4 is 10.6 Å². The average molecular weight is 437 g/mol. The van der Waals surface area contributed by atoms with Crippen molar-refractivity contribution in [3.05, 3.63) is 35.9 Å². The van der Waals surface area contributed by atoms with Crippen LogP contribution in [0.4, 0.5) is 9.59 Å². The highest BCUT2D eigenvalue weighted by molar-refractivity contribution is 6.76. The molecule has 0 spiro atoms. The van der Waals surface area contributed by atoms with E-state index in [1.807, 2.05) is 30.3 Å². The summed E-state index contributed by atoms with van der Waals surface area (Å²) in [7, 11) is -1.31. The zero-order valence-corrected chi connectivity index (χ0v) is 18.8. The number of carboxylic acids is 1. The number of aliphatic carboxylic acids is 1. The quantitative estimate of drug-likeness (QED) is 0.537. The fourth-order valence-corrected chi connectivity index (χ4v) is 4.00. The number of rotatable bonds is 8. The summed E-state index contributed by atoms with van der Waals surface area (Å²) in [6, 6.07) is 9.16. The summed E-state index contributed by atoms with van der Waals surface area (Å²) in [4.78, 5) is 35.8. The maximum absolute atomic E-state index is 12.3.